The summed E-state index contributed by atoms with van der Waals surface area (Å²) in [7, 11) is 1.86. The highest BCUT2D eigenvalue weighted by molar-refractivity contribution is 9.10. The molecule has 1 unspecified atom stereocenters. The van der Waals surface area contributed by atoms with Crippen LogP contribution in [-0.2, 0) is 6.54 Å². The predicted molar refractivity (Wildman–Crippen MR) is 81.6 cm³/mol. The van der Waals surface area contributed by atoms with Gasteiger partial charge >= 0.3 is 0 Å². The Morgan fingerprint density at radius 3 is 2.70 bits per heavy atom. The van der Waals surface area contributed by atoms with E-state index in [2.05, 4.69) is 15.9 Å². The molecule has 2 rings (SSSR count). The molecule has 2 nitrogen and oxygen atoms in total. The second-order valence-corrected chi connectivity index (χ2v) is 6.48. The molecule has 0 bridgehead atoms. The molecule has 1 aromatic heterocycles. The van der Waals surface area contributed by atoms with Crippen molar-refractivity contribution in [1.29, 1.82) is 0 Å². The van der Waals surface area contributed by atoms with Crippen LogP contribution in [0.15, 0.2) is 34.1 Å². The van der Waals surface area contributed by atoms with Crippen molar-refractivity contribution in [1.82, 2.24) is 4.90 Å². The van der Waals surface area contributed by atoms with Gasteiger partial charge in [-0.25, -0.2) is 8.78 Å². The second-order valence-electron chi connectivity index (χ2n) is 4.56. The van der Waals surface area contributed by atoms with Gasteiger partial charge in [0.1, 0.15) is 11.6 Å². The molecular formula is C14H15BrF2N2S. The van der Waals surface area contributed by atoms with Crippen molar-refractivity contribution in [2.45, 2.75) is 12.6 Å². The van der Waals surface area contributed by atoms with E-state index in [1.165, 1.54) is 6.07 Å². The first-order chi connectivity index (χ1) is 9.51. The molecule has 0 amide bonds. The Kier molecular flexibility index (Phi) is 5.26. The number of hydrogen-bond acceptors (Lipinski definition) is 3. The van der Waals surface area contributed by atoms with Gasteiger partial charge in [-0.15, -0.1) is 11.3 Å². The van der Waals surface area contributed by atoms with Gasteiger partial charge < -0.3 is 5.73 Å². The van der Waals surface area contributed by atoms with Crippen LogP contribution in [0.4, 0.5) is 8.78 Å². The van der Waals surface area contributed by atoms with Gasteiger partial charge in [-0.2, -0.15) is 0 Å². The van der Waals surface area contributed by atoms with Crippen LogP contribution in [-0.4, -0.2) is 18.5 Å². The van der Waals surface area contributed by atoms with E-state index in [1.807, 2.05) is 23.4 Å². The number of benzene rings is 1. The van der Waals surface area contributed by atoms with E-state index in [9.17, 15) is 8.78 Å². The molecule has 0 radical (unpaired) electrons. The Labute approximate surface area is 129 Å². The van der Waals surface area contributed by atoms with Gasteiger partial charge in [0.2, 0.25) is 0 Å². The highest BCUT2D eigenvalue weighted by atomic mass is 79.9. The Balaban J connectivity index is 2.20. The maximum atomic E-state index is 13.9. The molecule has 1 heterocycles. The van der Waals surface area contributed by atoms with E-state index < -0.39 is 11.6 Å². The molecule has 20 heavy (non-hydrogen) atoms. The van der Waals surface area contributed by atoms with Gasteiger partial charge in [-0.3, -0.25) is 4.90 Å². The summed E-state index contributed by atoms with van der Waals surface area (Å²) in [6.45, 7) is 0.859. The van der Waals surface area contributed by atoms with Crippen LogP contribution in [0.5, 0.6) is 0 Å². The van der Waals surface area contributed by atoms with Crippen molar-refractivity contribution >= 4 is 27.3 Å². The molecule has 0 aliphatic heterocycles. The van der Waals surface area contributed by atoms with Crippen molar-refractivity contribution in [3.63, 3.8) is 0 Å². The first-order valence-electron chi connectivity index (χ1n) is 6.09. The van der Waals surface area contributed by atoms with Crippen LogP contribution in [0.3, 0.4) is 0 Å². The lowest BCUT2D eigenvalue weighted by atomic mass is 10.0. The van der Waals surface area contributed by atoms with Crippen LogP contribution < -0.4 is 5.73 Å². The van der Waals surface area contributed by atoms with E-state index in [0.717, 1.165) is 21.5 Å². The zero-order chi connectivity index (χ0) is 14.7. The van der Waals surface area contributed by atoms with E-state index in [4.69, 9.17) is 5.73 Å². The van der Waals surface area contributed by atoms with Crippen LogP contribution in [0.1, 0.15) is 16.5 Å². The number of likely N-dealkylation sites (N-methyl/N-ethyl adjacent to an activating group) is 1. The van der Waals surface area contributed by atoms with Gasteiger partial charge in [0.05, 0.1) is 6.04 Å². The third-order valence-corrected chi connectivity index (χ3v) is 4.78. The van der Waals surface area contributed by atoms with Crippen LogP contribution >= 0.6 is 27.3 Å². The third kappa shape index (κ3) is 3.63. The van der Waals surface area contributed by atoms with Gasteiger partial charge in [0.15, 0.2) is 0 Å². The topological polar surface area (TPSA) is 29.3 Å². The third-order valence-electron chi connectivity index (χ3n) is 3.10. The lowest BCUT2D eigenvalue weighted by Crippen LogP contribution is -2.30. The fraction of sp³-hybridized carbons (Fsp3) is 0.286. The van der Waals surface area contributed by atoms with Gasteiger partial charge in [0.25, 0.3) is 0 Å². The minimum atomic E-state index is -0.452. The molecule has 0 saturated heterocycles. The van der Waals surface area contributed by atoms with Gasteiger partial charge in [-0.1, -0.05) is 0 Å². The standard InChI is InChI=1S/C14H15BrF2N2S/c1-19(7-11-4-9(15)8-20-11)14(6-18)12-5-10(16)2-3-13(12)17/h2-5,8,14H,6-7,18H2,1H3. The average molecular weight is 361 g/mol. The van der Waals surface area contributed by atoms with Crippen molar-refractivity contribution in [3.8, 4) is 0 Å². The normalized spacial score (nSPS) is 12.9. The summed E-state index contributed by atoms with van der Waals surface area (Å²) in [5, 5.41) is 1.99. The summed E-state index contributed by atoms with van der Waals surface area (Å²) in [5.74, 6) is -0.881. The maximum Gasteiger partial charge on any atom is 0.128 e. The summed E-state index contributed by atoms with van der Waals surface area (Å²) >= 11 is 5.01. The lowest BCUT2D eigenvalue weighted by molar-refractivity contribution is 0.238. The largest absolute Gasteiger partial charge is 0.329 e. The first kappa shape index (κ1) is 15.6. The Hall–Kier alpha value is -0.820. The van der Waals surface area contributed by atoms with Crippen molar-refractivity contribution < 1.29 is 8.78 Å². The zero-order valence-corrected chi connectivity index (χ0v) is 13.3. The van der Waals surface area contributed by atoms with Gasteiger partial charge in [-0.05, 0) is 47.2 Å². The second kappa shape index (κ2) is 6.76. The fourth-order valence-electron chi connectivity index (χ4n) is 2.11. The fourth-order valence-corrected chi connectivity index (χ4v) is 3.62. The molecule has 0 spiro atoms. The van der Waals surface area contributed by atoms with Crippen molar-refractivity contribution in [3.05, 3.63) is 56.2 Å². The van der Waals surface area contributed by atoms with Gasteiger partial charge in [0, 0.05) is 33.4 Å². The van der Waals surface area contributed by atoms with Crippen molar-refractivity contribution in [2.75, 3.05) is 13.6 Å². The van der Waals surface area contributed by atoms with E-state index in [0.29, 0.717) is 12.1 Å². The average Bonchev–Trinajstić information content (AvgIpc) is 2.80. The Morgan fingerprint density at radius 1 is 1.35 bits per heavy atom. The molecule has 1 atom stereocenters. The number of rotatable bonds is 5. The SMILES string of the molecule is CN(Cc1cc(Br)cs1)C(CN)c1cc(F)ccc1F. The molecule has 0 aliphatic carbocycles. The minimum absolute atomic E-state index is 0.226. The predicted octanol–water partition coefficient (Wildman–Crippen LogP) is 3.92. The van der Waals surface area contributed by atoms with E-state index in [-0.39, 0.29) is 12.6 Å². The lowest BCUT2D eigenvalue weighted by Gasteiger charge is -2.27. The van der Waals surface area contributed by atoms with Crippen LogP contribution in [0.2, 0.25) is 0 Å². The van der Waals surface area contributed by atoms with E-state index >= 15 is 0 Å². The molecule has 2 N–H and O–H groups in total. The molecule has 6 heteroatoms. The molecule has 0 fully saturated rings. The Morgan fingerprint density at radius 2 is 2.10 bits per heavy atom. The quantitative estimate of drug-likeness (QED) is 0.875. The minimum Gasteiger partial charge on any atom is -0.329 e. The molecule has 2 aromatic rings. The summed E-state index contributed by atoms with van der Waals surface area (Å²) in [6, 6.07) is 5.13. The van der Waals surface area contributed by atoms with Crippen molar-refractivity contribution in [2.24, 2.45) is 5.73 Å². The highest BCUT2D eigenvalue weighted by Gasteiger charge is 2.20. The summed E-state index contributed by atoms with van der Waals surface area (Å²) in [4.78, 5) is 3.06. The monoisotopic (exact) mass is 360 g/mol. The molecule has 0 aliphatic rings. The number of halogens is 3. The molecular weight excluding hydrogens is 346 g/mol. The van der Waals surface area contributed by atoms with E-state index in [1.54, 1.807) is 11.3 Å². The Bertz CT molecular complexity index is 588. The zero-order valence-electron chi connectivity index (χ0n) is 10.9. The van der Waals surface area contributed by atoms with Crippen LogP contribution in [0, 0.1) is 11.6 Å². The maximum absolute atomic E-state index is 13.9. The summed E-state index contributed by atoms with van der Waals surface area (Å²) in [6.07, 6.45) is 0. The number of nitrogens with zero attached hydrogens (tertiary/aromatic N) is 1. The molecule has 1 aromatic carbocycles. The number of hydrogen-bond donors (Lipinski definition) is 1. The first-order valence-corrected chi connectivity index (χ1v) is 7.76. The molecule has 0 saturated carbocycles. The smallest absolute Gasteiger partial charge is 0.128 e. The summed E-state index contributed by atoms with van der Waals surface area (Å²) < 4.78 is 28.2. The number of thiophene rings is 1. The highest BCUT2D eigenvalue weighted by Crippen LogP contribution is 2.26. The summed E-state index contributed by atoms with van der Waals surface area (Å²) in [5.41, 5.74) is 6.04. The van der Waals surface area contributed by atoms with Crippen LogP contribution in [0.25, 0.3) is 0 Å². The molecule has 108 valence electrons. The number of nitrogens with two attached hydrogens (primary N) is 1.